The molecule has 0 spiro atoms. The van der Waals surface area contributed by atoms with E-state index in [2.05, 4.69) is 5.32 Å². The Morgan fingerprint density at radius 1 is 1.21 bits per heavy atom. The summed E-state index contributed by atoms with van der Waals surface area (Å²) in [5.74, 6) is 0. The van der Waals surface area contributed by atoms with Gasteiger partial charge in [-0.1, -0.05) is 19.1 Å². The lowest BCUT2D eigenvalue weighted by atomic mass is 9.99. The van der Waals surface area contributed by atoms with Crippen molar-refractivity contribution in [2.75, 3.05) is 6.54 Å². The van der Waals surface area contributed by atoms with Gasteiger partial charge in [0.25, 0.3) is 0 Å². The van der Waals surface area contributed by atoms with Crippen LogP contribution >= 0.6 is 0 Å². The minimum absolute atomic E-state index is 0.300. The van der Waals surface area contributed by atoms with Gasteiger partial charge in [-0.25, -0.2) is 0 Å². The van der Waals surface area contributed by atoms with Gasteiger partial charge < -0.3 is 9.73 Å². The van der Waals surface area contributed by atoms with E-state index in [9.17, 15) is 13.2 Å². The molecule has 0 saturated carbocycles. The molecule has 0 fully saturated rings. The van der Waals surface area contributed by atoms with Gasteiger partial charge in [-0.2, -0.15) is 13.2 Å². The smallest absolute Gasteiger partial charge is 0.416 e. The van der Waals surface area contributed by atoms with Gasteiger partial charge in [-0.15, -0.1) is 0 Å². The van der Waals surface area contributed by atoms with E-state index in [1.165, 1.54) is 24.7 Å². The lowest BCUT2D eigenvalue weighted by Crippen LogP contribution is -2.22. The summed E-state index contributed by atoms with van der Waals surface area (Å²) in [4.78, 5) is 0. The molecule has 0 aliphatic carbocycles. The Morgan fingerprint density at radius 2 is 2.00 bits per heavy atom. The van der Waals surface area contributed by atoms with E-state index >= 15 is 0 Å². The summed E-state index contributed by atoms with van der Waals surface area (Å²) in [6, 6.07) is 6.78. The number of alkyl halides is 3. The van der Waals surface area contributed by atoms with Crippen molar-refractivity contribution >= 4 is 0 Å². The second-order valence-electron chi connectivity index (χ2n) is 4.17. The summed E-state index contributed by atoms with van der Waals surface area (Å²) in [5, 5.41) is 3.15. The molecule has 1 atom stereocenters. The van der Waals surface area contributed by atoms with Crippen LogP contribution in [-0.2, 0) is 6.18 Å². The van der Waals surface area contributed by atoms with Crippen LogP contribution in [0.5, 0.6) is 0 Å². The Hall–Kier alpha value is -1.75. The van der Waals surface area contributed by atoms with Gasteiger partial charge in [0.15, 0.2) is 0 Å². The Kier molecular flexibility index (Phi) is 3.95. The van der Waals surface area contributed by atoms with Crippen molar-refractivity contribution in [3.63, 3.8) is 0 Å². The largest absolute Gasteiger partial charge is 0.472 e. The van der Waals surface area contributed by atoms with E-state index in [4.69, 9.17) is 4.42 Å². The Balaban J connectivity index is 2.37. The van der Waals surface area contributed by atoms with Crippen LogP contribution in [0.25, 0.3) is 0 Å². The SMILES string of the molecule is CCNC(c1ccoc1)c1cccc(C(F)(F)F)c1. The van der Waals surface area contributed by atoms with Crippen LogP contribution in [-0.4, -0.2) is 6.54 Å². The summed E-state index contributed by atoms with van der Waals surface area (Å²) >= 11 is 0. The maximum Gasteiger partial charge on any atom is 0.416 e. The molecule has 0 aliphatic rings. The predicted octanol–water partition coefficient (Wildman–Crippen LogP) is 4.00. The van der Waals surface area contributed by atoms with Crippen LogP contribution in [0.4, 0.5) is 13.2 Å². The first-order valence-corrected chi connectivity index (χ1v) is 5.95. The van der Waals surface area contributed by atoms with Gasteiger partial charge in [0, 0.05) is 5.56 Å². The lowest BCUT2D eigenvalue weighted by molar-refractivity contribution is -0.137. The van der Waals surface area contributed by atoms with Crippen LogP contribution in [0, 0.1) is 0 Å². The summed E-state index contributed by atoms with van der Waals surface area (Å²) in [7, 11) is 0. The van der Waals surface area contributed by atoms with Crippen LogP contribution in [0.3, 0.4) is 0 Å². The first-order valence-electron chi connectivity index (χ1n) is 5.95. The van der Waals surface area contributed by atoms with E-state index in [0.717, 1.165) is 11.6 Å². The first kappa shape index (κ1) is 13.7. The third-order valence-corrected chi connectivity index (χ3v) is 2.83. The Labute approximate surface area is 109 Å². The number of hydrogen-bond donors (Lipinski definition) is 1. The molecule has 0 bridgehead atoms. The molecule has 1 aromatic heterocycles. The van der Waals surface area contributed by atoms with Gasteiger partial charge in [-0.05, 0) is 30.3 Å². The highest BCUT2D eigenvalue weighted by atomic mass is 19.4. The van der Waals surface area contributed by atoms with Gasteiger partial charge in [0.05, 0.1) is 24.1 Å². The van der Waals surface area contributed by atoms with E-state index in [1.54, 1.807) is 12.1 Å². The molecule has 5 heteroatoms. The minimum atomic E-state index is -4.33. The third-order valence-electron chi connectivity index (χ3n) is 2.83. The quantitative estimate of drug-likeness (QED) is 0.907. The normalized spacial score (nSPS) is 13.5. The van der Waals surface area contributed by atoms with Gasteiger partial charge in [0.1, 0.15) is 0 Å². The monoisotopic (exact) mass is 269 g/mol. The van der Waals surface area contributed by atoms with Crippen molar-refractivity contribution in [3.05, 3.63) is 59.5 Å². The fourth-order valence-electron chi connectivity index (χ4n) is 1.97. The van der Waals surface area contributed by atoms with Gasteiger partial charge >= 0.3 is 6.18 Å². The van der Waals surface area contributed by atoms with Crippen LogP contribution < -0.4 is 5.32 Å². The second-order valence-corrected chi connectivity index (χ2v) is 4.17. The predicted molar refractivity (Wildman–Crippen MR) is 65.7 cm³/mol. The summed E-state index contributed by atoms with van der Waals surface area (Å²) in [5.41, 5.74) is 0.732. The summed E-state index contributed by atoms with van der Waals surface area (Å²) in [6.45, 7) is 2.55. The van der Waals surface area contributed by atoms with Crippen LogP contribution in [0.1, 0.15) is 29.7 Å². The molecular formula is C14H14F3NO. The van der Waals surface area contributed by atoms with Crippen molar-refractivity contribution in [2.45, 2.75) is 19.1 Å². The summed E-state index contributed by atoms with van der Waals surface area (Å²) < 4.78 is 43.2. The minimum Gasteiger partial charge on any atom is -0.472 e. The molecule has 0 saturated heterocycles. The first-order chi connectivity index (χ1) is 9.02. The molecule has 0 amide bonds. The maximum atomic E-state index is 12.7. The molecular weight excluding hydrogens is 255 g/mol. The zero-order valence-corrected chi connectivity index (χ0v) is 10.4. The van der Waals surface area contributed by atoms with Gasteiger partial charge in [0.2, 0.25) is 0 Å². The average Bonchev–Trinajstić information content (AvgIpc) is 2.88. The van der Waals surface area contributed by atoms with Crippen LogP contribution in [0.2, 0.25) is 0 Å². The Morgan fingerprint density at radius 3 is 2.58 bits per heavy atom. The molecule has 102 valence electrons. The number of nitrogens with one attached hydrogen (secondary N) is 1. The third kappa shape index (κ3) is 3.17. The van der Waals surface area contributed by atoms with Gasteiger partial charge in [-0.3, -0.25) is 0 Å². The van der Waals surface area contributed by atoms with E-state index in [0.29, 0.717) is 12.1 Å². The molecule has 1 N–H and O–H groups in total. The van der Waals surface area contributed by atoms with E-state index in [1.807, 2.05) is 6.92 Å². The number of hydrogen-bond acceptors (Lipinski definition) is 2. The molecule has 2 nitrogen and oxygen atoms in total. The number of rotatable bonds is 4. The molecule has 19 heavy (non-hydrogen) atoms. The standard InChI is InChI=1S/C14H14F3NO/c1-2-18-13(11-6-7-19-9-11)10-4-3-5-12(8-10)14(15,16)17/h3-9,13,18H,2H2,1H3. The molecule has 0 aliphatic heterocycles. The molecule has 0 radical (unpaired) electrons. The second kappa shape index (κ2) is 5.48. The summed E-state index contributed by atoms with van der Waals surface area (Å²) in [6.07, 6.45) is -1.29. The molecule has 1 unspecified atom stereocenters. The molecule has 2 rings (SSSR count). The number of furan rings is 1. The van der Waals surface area contributed by atoms with Crippen molar-refractivity contribution in [1.29, 1.82) is 0 Å². The molecule has 2 aromatic rings. The topological polar surface area (TPSA) is 25.2 Å². The van der Waals surface area contributed by atoms with E-state index < -0.39 is 11.7 Å². The zero-order valence-electron chi connectivity index (χ0n) is 10.4. The van der Waals surface area contributed by atoms with Crippen molar-refractivity contribution in [1.82, 2.24) is 5.32 Å². The maximum absolute atomic E-state index is 12.7. The van der Waals surface area contributed by atoms with Crippen molar-refractivity contribution < 1.29 is 17.6 Å². The highest BCUT2D eigenvalue weighted by molar-refractivity contribution is 5.33. The van der Waals surface area contributed by atoms with Crippen molar-refractivity contribution in [3.8, 4) is 0 Å². The highest BCUT2D eigenvalue weighted by Gasteiger charge is 2.31. The lowest BCUT2D eigenvalue weighted by Gasteiger charge is -2.18. The number of benzene rings is 1. The van der Waals surface area contributed by atoms with E-state index in [-0.39, 0.29) is 6.04 Å². The average molecular weight is 269 g/mol. The Bertz CT molecular complexity index is 520. The fourth-order valence-corrected chi connectivity index (χ4v) is 1.97. The molecule has 1 heterocycles. The van der Waals surface area contributed by atoms with Crippen molar-refractivity contribution in [2.24, 2.45) is 0 Å². The zero-order chi connectivity index (χ0) is 13.9. The molecule has 1 aromatic carbocycles. The highest BCUT2D eigenvalue weighted by Crippen LogP contribution is 2.32. The fraction of sp³-hybridized carbons (Fsp3) is 0.286. The number of halogens is 3. The van der Waals surface area contributed by atoms with Crippen LogP contribution in [0.15, 0.2) is 47.3 Å².